The molecule has 4 bridgehead atoms. The molecule has 7 saturated carbocycles. The standard InChI is InChI=1S/C24H38N2O2/c27-21(23-10-4-17(5-11-23)6-12-23)25-19-2-1-3-20(16-19)26-22(28)24-13-7-18(8-14-24)9-15-24/h17-20H,1-16H2,(H,25,27)(H,26,28). The van der Waals surface area contributed by atoms with Crippen LogP contribution in [0.25, 0.3) is 0 Å². The van der Waals surface area contributed by atoms with E-state index in [1.54, 1.807) is 0 Å². The minimum Gasteiger partial charge on any atom is -0.353 e. The number of carbonyl (C=O) groups is 2. The van der Waals surface area contributed by atoms with Gasteiger partial charge < -0.3 is 10.6 Å². The fraction of sp³-hybridized carbons (Fsp3) is 0.917. The summed E-state index contributed by atoms with van der Waals surface area (Å²) in [5, 5.41) is 6.86. The summed E-state index contributed by atoms with van der Waals surface area (Å²) in [6.07, 6.45) is 18.3. The molecule has 0 aromatic rings. The van der Waals surface area contributed by atoms with Crippen molar-refractivity contribution in [1.82, 2.24) is 10.6 Å². The quantitative estimate of drug-likeness (QED) is 0.749. The summed E-state index contributed by atoms with van der Waals surface area (Å²) in [6, 6.07) is 0.500. The summed E-state index contributed by atoms with van der Waals surface area (Å²) in [7, 11) is 0. The molecule has 0 spiro atoms. The number of nitrogens with one attached hydrogen (secondary N) is 2. The van der Waals surface area contributed by atoms with Gasteiger partial charge in [0.1, 0.15) is 0 Å². The number of fused-ring (bicyclic) bond motifs is 6. The van der Waals surface area contributed by atoms with Crippen LogP contribution in [0.5, 0.6) is 0 Å². The Hall–Kier alpha value is -1.06. The van der Waals surface area contributed by atoms with Crippen LogP contribution in [0.4, 0.5) is 0 Å². The van der Waals surface area contributed by atoms with E-state index in [0.29, 0.717) is 11.8 Å². The molecule has 2 N–H and O–H groups in total. The van der Waals surface area contributed by atoms with Gasteiger partial charge in [-0.1, -0.05) is 0 Å². The third kappa shape index (κ3) is 3.39. The van der Waals surface area contributed by atoms with Crippen LogP contribution in [0.2, 0.25) is 0 Å². The second-order valence-electron chi connectivity index (χ2n) is 11.0. The van der Waals surface area contributed by atoms with Crippen molar-refractivity contribution in [2.75, 3.05) is 0 Å². The first-order chi connectivity index (χ1) is 13.6. The molecule has 4 nitrogen and oxygen atoms in total. The lowest BCUT2D eigenvalue weighted by molar-refractivity contribution is -0.138. The third-order valence-corrected chi connectivity index (χ3v) is 9.49. The van der Waals surface area contributed by atoms with Crippen molar-refractivity contribution in [3.63, 3.8) is 0 Å². The van der Waals surface area contributed by atoms with Crippen molar-refractivity contribution in [3.8, 4) is 0 Å². The van der Waals surface area contributed by atoms with E-state index in [-0.39, 0.29) is 22.9 Å². The largest absolute Gasteiger partial charge is 0.353 e. The Morgan fingerprint density at radius 3 is 1.29 bits per heavy atom. The average molecular weight is 387 g/mol. The molecule has 0 saturated heterocycles. The van der Waals surface area contributed by atoms with E-state index in [1.165, 1.54) is 38.5 Å². The molecule has 2 atom stereocenters. The SMILES string of the molecule is O=C(NC1CCCC(NC(=O)C23CCC(CC2)CC3)C1)C12CCC(CC1)CC2. The molecule has 7 fully saturated rings. The van der Waals surface area contributed by atoms with E-state index in [1.807, 2.05) is 0 Å². The Labute approximate surface area is 170 Å². The molecule has 0 radical (unpaired) electrons. The van der Waals surface area contributed by atoms with Gasteiger partial charge in [0.05, 0.1) is 0 Å². The molecule has 0 heterocycles. The molecule has 0 aromatic carbocycles. The highest BCUT2D eigenvalue weighted by molar-refractivity contribution is 5.84. The molecular formula is C24H38N2O2. The van der Waals surface area contributed by atoms with Crippen LogP contribution in [-0.4, -0.2) is 23.9 Å². The Bertz CT molecular complexity index is 535. The maximum Gasteiger partial charge on any atom is 0.226 e. The number of amides is 2. The highest BCUT2D eigenvalue weighted by Gasteiger charge is 2.48. The predicted octanol–water partition coefficient (Wildman–Crippen LogP) is 4.47. The molecule has 28 heavy (non-hydrogen) atoms. The van der Waals surface area contributed by atoms with Crippen molar-refractivity contribution in [2.45, 2.75) is 115 Å². The maximum atomic E-state index is 13.1. The zero-order valence-corrected chi connectivity index (χ0v) is 17.4. The van der Waals surface area contributed by atoms with E-state index in [0.717, 1.165) is 76.0 Å². The van der Waals surface area contributed by atoms with Crippen molar-refractivity contribution in [2.24, 2.45) is 22.7 Å². The summed E-state index contributed by atoms with van der Waals surface area (Å²) in [6.45, 7) is 0. The van der Waals surface area contributed by atoms with E-state index in [4.69, 9.17) is 0 Å². The van der Waals surface area contributed by atoms with E-state index in [2.05, 4.69) is 10.6 Å². The number of hydrogen-bond donors (Lipinski definition) is 2. The Balaban J connectivity index is 1.16. The Kier molecular flexibility index (Phi) is 4.95. The summed E-state index contributed by atoms with van der Waals surface area (Å²) in [5.41, 5.74) is -0.130. The molecule has 2 amide bonds. The van der Waals surface area contributed by atoms with Crippen LogP contribution in [-0.2, 0) is 9.59 Å². The van der Waals surface area contributed by atoms with Gasteiger partial charge in [-0.2, -0.15) is 0 Å². The third-order valence-electron chi connectivity index (χ3n) is 9.49. The Morgan fingerprint density at radius 1 is 0.571 bits per heavy atom. The predicted molar refractivity (Wildman–Crippen MR) is 110 cm³/mol. The maximum absolute atomic E-state index is 13.1. The number of carbonyl (C=O) groups excluding carboxylic acids is 2. The fourth-order valence-corrected chi connectivity index (χ4v) is 7.31. The van der Waals surface area contributed by atoms with Crippen LogP contribution in [0.3, 0.4) is 0 Å². The van der Waals surface area contributed by atoms with Gasteiger partial charge >= 0.3 is 0 Å². The zero-order valence-electron chi connectivity index (χ0n) is 17.4. The lowest BCUT2D eigenvalue weighted by Crippen LogP contribution is -2.54. The number of rotatable bonds is 4. The molecule has 2 unspecified atom stereocenters. The average Bonchev–Trinajstić information content (AvgIpc) is 2.76. The lowest BCUT2D eigenvalue weighted by atomic mass is 9.60. The minimum absolute atomic E-state index is 0.0648. The van der Waals surface area contributed by atoms with E-state index < -0.39 is 0 Å². The number of hydrogen-bond acceptors (Lipinski definition) is 2. The Morgan fingerprint density at radius 2 is 0.929 bits per heavy atom. The minimum atomic E-state index is -0.0648. The van der Waals surface area contributed by atoms with Crippen molar-refractivity contribution in [3.05, 3.63) is 0 Å². The van der Waals surface area contributed by atoms with Gasteiger partial charge in [0, 0.05) is 22.9 Å². The fourth-order valence-electron chi connectivity index (χ4n) is 7.31. The van der Waals surface area contributed by atoms with Crippen LogP contribution >= 0.6 is 0 Å². The van der Waals surface area contributed by atoms with Gasteiger partial charge in [0.15, 0.2) is 0 Å². The first-order valence-electron chi connectivity index (χ1n) is 12.2. The van der Waals surface area contributed by atoms with Crippen molar-refractivity contribution in [1.29, 1.82) is 0 Å². The molecule has 156 valence electrons. The van der Waals surface area contributed by atoms with E-state index >= 15 is 0 Å². The van der Waals surface area contributed by atoms with Gasteiger partial charge in [-0.3, -0.25) is 9.59 Å². The van der Waals surface area contributed by atoms with Crippen molar-refractivity contribution < 1.29 is 9.59 Å². The van der Waals surface area contributed by atoms with E-state index in [9.17, 15) is 9.59 Å². The normalized spacial score (nSPS) is 44.9. The summed E-state index contributed by atoms with van der Waals surface area (Å²) in [5.74, 6) is 2.43. The van der Waals surface area contributed by atoms with Crippen LogP contribution in [0.15, 0.2) is 0 Å². The lowest BCUT2D eigenvalue weighted by Gasteiger charge is -2.47. The van der Waals surface area contributed by atoms with Gasteiger partial charge in [-0.15, -0.1) is 0 Å². The van der Waals surface area contributed by atoms with Crippen LogP contribution in [0, 0.1) is 22.7 Å². The second kappa shape index (κ2) is 7.32. The molecular weight excluding hydrogens is 348 g/mol. The second-order valence-corrected chi connectivity index (χ2v) is 11.0. The summed E-state index contributed by atoms with van der Waals surface area (Å²) < 4.78 is 0. The first-order valence-corrected chi connectivity index (χ1v) is 12.2. The van der Waals surface area contributed by atoms with Gasteiger partial charge in [-0.05, 0) is 115 Å². The smallest absolute Gasteiger partial charge is 0.226 e. The molecule has 4 heteroatoms. The van der Waals surface area contributed by atoms with Gasteiger partial charge in [0.25, 0.3) is 0 Å². The highest BCUT2D eigenvalue weighted by Crippen LogP contribution is 2.51. The monoisotopic (exact) mass is 386 g/mol. The molecule has 0 aliphatic heterocycles. The van der Waals surface area contributed by atoms with Gasteiger partial charge in [0.2, 0.25) is 11.8 Å². The molecule has 7 aliphatic rings. The van der Waals surface area contributed by atoms with Crippen LogP contribution < -0.4 is 10.6 Å². The zero-order chi connectivity index (χ0) is 19.2. The molecule has 7 aliphatic carbocycles. The van der Waals surface area contributed by atoms with Gasteiger partial charge in [-0.25, -0.2) is 0 Å². The first kappa shape index (κ1) is 18.9. The topological polar surface area (TPSA) is 58.2 Å². The summed E-state index contributed by atoms with van der Waals surface area (Å²) in [4.78, 5) is 26.2. The van der Waals surface area contributed by atoms with Crippen LogP contribution in [0.1, 0.15) is 103 Å². The molecule has 0 aromatic heterocycles. The van der Waals surface area contributed by atoms with Crippen molar-refractivity contribution >= 4 is 11.8 Å². The summed E-state index contributed by atoms with van der Waals surface area (Å²) >= 11 is 0. The highest BCUT2D eigenvalue weighted by atomic mass is 16.2. The molecule has 7 rings (SSSR count).